The number of esters is 1. The van der Waals surface area contributed by atoms with Crippen LogP contribution in [-0.2, 0) is 11.3 Å². The van der Waals surface area contributed by atoms with Crippen LogP contribution in [0, 0.1) is 5.82 Å². The average molecular weight is 350 g/mol. The van der Waals surface area contributed by atoms with E-state index in [1.54, 1.807) is 0 Å². The highest BCUT2D eigenvalue weighted by Crippen LogP contribution is 2.35. The smallest absolute Gasteiger partial charge is 0.342 e. The number of ether oxygens (including phenoxy) is 5. The molecule has 7 heteroatoms. The zero-order valence-electron chi connectivity index (χ0n) is 14.4. The Morgan fingerprint density at radius 2 is 1.44 bits per heavy atom. The van der Waals surface area contributed by atoms with Gasteiger partial charge in [-0.1, -0.05) is 0 Å². The summed E-state index contributed by atoms with van der Waals surface area (Å²) in [6, 6.07) is 6.97. The molecule has 2 rings (SSSR count). The Bertz CT molecular complexity index is 759. The fraction of sp³-hybridized carbons (Fsp3) is 0.278. The minimum absolute atomic E-state index is 0.155. The van der Waals surface area contributed by atoms with E-state index in [1.165, 1.54) is 58.8 Å². The number of carbonyl (C=O) groups excluding carboxylic acids is 1. The second-order valence-corrected chi connectivity index (χ2v) is 4.94. The molecule has 6 nitrogen and oxygen atoms in total. The van der Waals surface area contributed by atoms with Gasteiger partial charge < -0.3 is 23.7 Å². The number of hydrogen-bond acceptors (Lipinski definition) is 6. The van der Waals surface area contributed by atoms with Crippen molar-refractivity contribution in [1.82, 2.24) is 0 Å². The van der Waals surface area contributed by atoms with Crippen molar-refractivity contribution in [3.05, 3.63) is 47.3 Å². The Balaban J connectivity index is 2.25. The van der Waals surface area contributed by atoms with Gasteiger partial charge in [-0.05, 0) is 18.2 Å². The van der Waals surface area contributed by atoms with Gasteiger partial charge in [-0.25, -0.2) is 9.18 Å². The van der Waals surface area contributed by atoms with Crippen molar-refractivity contribution < 1.29 is 32.9 Å². The van der Waals surface area contributed by atoms with Crippen LogP contribution >= 0.6 is 0 Å². The van der Waals surface area contributed by atoms with Crippen LogP contribution < -0.4 is 18.9 Å². The molecule has 0 aliphatic carbocycles. The number of hydrogen-bond donors (Lipinski definition) is 0. The van der Waals surface area contributed by atoms with E-state index >= 15 is 0 Å². The van der Waals surface area contributed by atoms with E-state index in [4.69, 9.17) is 23.7 Å². The second kappa shape index (κ2) is 8.23. The summed E-state index contributed by atoms with van der Waals surface area (Å²) in [5.74, 6) is 0.378. The summed E-state index contributed by atoms with van der Waals surface area (Å²) < 4.78 is 39.3. The fourth-order valence-corrected chi connectivity index (χ4v) is 2.27. The predicted octanol–water partition coefficient (Wildman–Crippen LogP) is 3.22. The van der Waals surface area contributed by atoms with E-state index in [2.05, 4.69) is 0 Å². The lowest BCUT2D eigenvalue weighted by molar-refractivity contribution is 0.0465. The maximum absolute atomic E-state index is 13.4. The largest absolute Gasteiger partial charge is 0.496 e. The minimum Gasteiger partial charge on any atom is -0.496 e. The fourth-order valence-electron chi connectivity index (χ4n) is 2.27. The Labute approximate surface area is 145 Å². The molecule has 0 radical (unpaired) electrons. The van der Waals surface area contributed by atoms with Gasteiger partial charge in [0.15, 0.2) is 11.5 Å². The lowest BCUT2D eigenvalue weighted by Crippen LogP contribution is -2.09. The predicted molar refractivity (Wildman–Crippen MR) is 88.2 cm³/mol. The van der Waals surface area contributed by atoms with Crippen molar-refractivity contribution in [3.63, 3.8) is 0 Å². The van der Waals surface area contributed by atoms with Gasteiger partial charge in [0, 0.05) is 17.7 Å². The molecular weight excluding hydrogens is 331 g/mol. The number of benzene rings is 2. The maximum atomic E-state index is 13.4. The van der Waals surface area contributed by atoms with Gasteiger partial charge in [-0.15, -0.1) is 0 Å². The topological polar surface area (TPSA) is 63.2 Å². The molecule has 0 amide bonds. The molecule has 0 saturated carbocycles. The normalized spacial score (nSPS) is 10.1. The highest BCUT2D eigenvalue weighted by molar-refractivity contribution is 5.93. The second-order valence-electron chi connectivity index (χ2n) is 4.94. The number of halogens is 1. The number of carbonyl (C=O) groups is 1. The van der Waals surface area contributed by atoms with Crippen molar-refractivity contribution >= 4 is 5.97 Å². The summed E-state index contributed by atoms with van der Waals surface area (Å²) in [6.45, 7) is -0.155. The summed E-state index contributed by atoms with van der Waals surface area (Å²) in [4.78, 5) is 12.4. The molecular formula is C18H19FO6. The molecule has 0 atom stereocenters. The third-order valence-electron chi connectivity index (χ3n) is 3.53. The zero-order chi connectivity index (χ0) is 18.4. The summed E-state index contributed by atoms with van der Waals surface area (Å²) >= 11 is 0. The highest BCUT2D eigenvalue weighted by atomic mass is 19.1. The van der Waals surface area contributed by atoms with Gasteiger partial charge in [0.25, 0.3) is 0 Å². The molecule has 134 valence electrons. The van der Waals surface area contributed by atoms with Crippen LogP contribution in [0.4, 0.5) is 4.39 Å². The Morgan fingerprint density at radius 1 is 0.840 bits per heavy atom. The minimum atomic E-state index is -0.649. The monoisotopic (exact) mass is 350 g/mol. The van der Waals surface area contributed by atoms with Crippen molar-refractivity contribution in [1.29, 1.82) is 0 Å². The number of methoxy groups -OCH3 is 4. The first kappa shape index (κ1) is 18.4. The van der Waals surface area contributed by atoms with Crippen molar-refractivity contribution in [3.8, 4) is 23.0 Å². The zero-order valence-corrected chi connectivity index (χ0v) is 14.4. The van der Waals surface area contributed by atoms with Crippen LogP contribution in [0.25, 0.3) is 0 Å². The van der Waals surface area contributed by atoms with Gasteiger partial charge in [-0.2, -0.15) is 0 Å². The van der Waals surface area contributed by atoms with Gasteiger partial charge >= 0.3 is 5.97 Å². The van der Waals surface area contributed by atoms with Crippen molar-refractivity contribution in [2.45, 2.75) is 6.61 Å². The van der Waals surface area contributed by atoms with Crippen LogP contribution in [0.3, 0.4) is 0 Å². The van der Waals surface area contributed by atoms with E-state index in [9.17, 15) is 9.18 Å². The average Bonchev–Trinajstić information content (AvgIpc) is 2.64. The molecule has 0 fully saturated rings. The molecule has 0 aliphatic heterocycles. The maximum Gasteiger partial charge on any atom is 0.342 e. The molecule has 25 heavy (non-hydrogen) atoms. The molecule has 0 spiro atoms. The van der Waals surface area contributed by atoms with E-state index in [0.29, 0.717) is 22.8 Å². The molecule has 2 aromatic carbocycles. The molecule has 0 heterocycles. The first-order chi connectivity index (χ1) is 12.0. The van der Waals surface area contributed by atoms with E-state index in [1.807, 2.05) is 0 Å². The highest BCUT2D eigenvalue weighted by Gasteiger charge is 2.19. The Morgan fingerprint density at radius 3 is 2.04 bits per heavy atom. The van der Waals surface area contributed by atoms with Gasteiger partial charge in [0.05, 0.1) is 28.4 Å². The van der Waals surface area contributed by atoms with Gasteiger partial charge in [0.1, 0.15) is 29.5 Å². The molecule has 0 unspecified atom stereocenters. The van der Waals surface area contributed by atoms with Crippen molar-refractivity contribution in [2.24, 2.45) is 0 Å². The van der Waals surface area contributed by atoms with Crippen LogP contribution in [-0.4, -0.2) is 34.4 Å². The van der Waals surface area contributed by atoms with Crippen LogP contribution in [0.5, 0.6) is 23.0 Å². The Hall–Kier alpha value is -2.96. The molecule has 0 bridgehead atoms. The summed E-state index contributed by atoms with van der Waals surface area (Å²) in [7, 11) is 5.81. The molecule has 0 N–H and O–H groups in total. The number of rotatable bonds is 7. The molecule has 0 aromatic heterocycles. The lowest BCUT2D eigenvalue weighted by atomic mass is 10.1. The SMILES string of the molecule is COc1ccc(F)cc1COC(=O)c1cc(OC)c(OC)cc1OC. The van der Waals surface area contributed by atoms with Crippen molar-refractivity contribution in [2.75, 3.05) is 28.4 Å². The summed E-state index contributed by atoms with van der Waals surface area (Å²) in [6.07, 6.45) is 0. The first-order valence-electron chi connectivity index (χ1n) is 7.33. The molecule has 0 saturated heterocycles. The quantitative estimate of drug-likeness (QED) is 0.715. The van der Waals surface area contributed by atoms with E-state index < -0.39 is 11.8 Å². The van der Waals surface area contributed by atoms with Crippen LogP contribution in [0.15, 0.2) is 30.3 Å². The van der Waals surface area contributed by atoms with Crippen LogP contribution in [0.1, 0.15) is 15.9 Å². The third kappa shape index (κ3) is 4.12. The third-order valence-corrected chi connectivity index (χ3v) is 3.53. The van der Waals surface area contributed by atoms with Gasteiger partial charge in [0.2, 0.25) is 0 Å². The van der Waals surface area contributed by atoms with Crippen LogP contribution in [0.2, 0.25) is 0 Å². The van der Waals surface area contributed by atoms with Gasteiger partial charge in [-0.3, -0.25) is 0 Å². The lowest BCUT2D eigenvalue weighted by Gasteiger charge is -2.14. The molecule has 0 aliphatic rings. The summed E-state index contributed by atoms with van der Waals surface area (Å²) in [5, 5.41) is 0. The first-order valence-corrected chi connectivity index (χ1v) is 7.33. The van der Waals surface area contributed by atoms with E-state index in [-0.39, 0.29) is 17.9 Å². The van der Waals surface area contributed by atoms with E-state index in [0.717, 1.165) is 0 Å². The standard InChI is InChI=1S/C18H19FO6/c1-21-14-6-5-12(19)7-11(14)10-25-18(20)13-8-16(23-3)17(24-4)9-15(13)22-2/h5-9H,10H2,1-4H3. The Kier molecular flexibility index (Phi) is 6.05. The summed E-state index contributed by atoms with van der Waals surface area (Å²) in [5.41, 5.74) is 0.575. The molecule has 2 aromatic rings.